The van der Waals surface area contributed by atoms with Crippen LogP contribution in [0.1, 0.15) is 16.8 Å². The smallest absolute Gasteiger partial charge is 0.167 e. The van der Waals surface area contributed by atoms with Crippen LogP contribution in [0.5, 0.6) is 0 Å². The van der Waals surface area contributed by atoms with E-state index in [0.717, 1.165) is 49.7 Å². The van der Waals surface area contributed by atoms with Crippen molar-refractivity contribution in [3.8, 4) is 11.3 Å². The van der Waals surface area contributed by atoms with E-state index in [2.05, 4.69) is 53.5 Å². The standard InChI is InChI=1S/C16H21N3O/c1-12-3-4-14(9-13(12)2)16-10-15(18-20-16)11-19-7-5-17-6-8-19/h3-4,9-10,17H,5-8,11H2,1-2H3. The molecule has 2 aromatic rings. The Hall–Kier alpha value is -1.65. The van der Waals surface area contributed by atoms with Crippen LogP contribution in [0, 0.1) is 13.8 Å². The molecule has 3 rings (SSSR count). The zero-order valence-corrected chi connectivity index (χ0v) is 12.1. The van der Waals surface area contributed by atoms with E-state index in [1.165, 1.54) is 11.1 Å². The molecule has 2 heterocycles. The van der Waals surface area contributed by atoms with Gasteiger partial charge in [0.05, 0.1) is 5.69 Å². The number of benzene rings is 1. The van der Waals surface area contributed by atoms with Gasteiger partial charge in [-0.3, -0.25) is 4.90 Å². The predicted molar refractivity (Wildman–Crippen MR) is 79.6 cm³/mol. The first-order chi connectivity index (χ1) is 9.72. The summed E-state index contributed by atoms with van der Waals surface area (Å²) < 4.78 is 5.49. The molecule has 1 fully saturated rings. The third kappa shape index (κ3) is 2.92. The van der Waals surface area contributed by atoms with Gasteiger partial charge in [-0.1, -0.05) is 17.3 Å². The Kier molecular flexibility index (Phi) is 3.85. The quantitative estimate of drug-likeness (QED) is 0.930. The van der Waals surface area contributed by atoms with Crippen LogP contribution in [0.3, 0.4) is 0 Å². The minimum atomic E-state index is 0.859. The normalized spacial score (nSPS) is 16.5. The molecule has 4 heteroatoms. The fourth-order valence-electron chi connectivity index (χ4n) is 2.52. The van der Waals surface area contributed by atoms with Gasteiger partial charge < -0.3 is 9.84 Å². The number of aryl methyl sites for hydroxylation is 2. The molecule has 0 unspecified atom stereocenters. The van der Waals surface area contributed by atoms with Crippen molar-refractivity contribution in [3.05, 3.63) is 41.1 Å². The fraction of sp³-hybridized carbons (Fsp3) is 0.438. The van der Waals surface area contributed by atoms with E-state index in [1.807, 2.05) is 0 Å². The molecule has 0 aliphatic carbocycles. The van der Waals surface area contributed by atoms with Crippen molar-refractivity contribution in [1.29, 1.82) is 0 Å². The molecule has 1 aromatic carbocycles. The Morgan fingerprint density at radius 1 is 1.15 bits per heavy atom. The van der Waals surface area contributed by atoms with E-state index in [0.29, 0.717) is 0 Å². The summed E-state index contributed by atoms with van der Waals surface area (Å²) in [6.45, 7) is 9.38. The largest absolute Gasteiger partial charge is 0.356 e. The summed E-state index contributed by atoms with van der Waals surface area (Å²) in [4.78, 5) is 2.40. The fourth-order valence-corrected chi connectivity index (χ4v) is 2.52. The summed E-state index contributed by atoms with van der Waals surface area (Å²) in [6.07, 6.45) is 0. The van der Waals surface area contributed by atoms with E-state index in [1.54, 1.807) is 0 Å². The maximum Gasteiger partial charge on any atom is 0.167 e. The van der Waals surface area contributed by atoms with Crippen LogP contribution < -0.4 is 5.32 Å². The summed E-state index contributed by atoms with van der Waals surface area (Å²) in [5.74, 6) is 0.859. The van der Waals surface area contributed by atoms with Crippen molar-refractivity contribution in [2.24, 2.45) is 0 Å². The minimum Gasteiger partial charge on any atom is -0.356 e. The summed E-state index contributed by atoms with van der Waals surface area (Å²) >= 11 is 0. The van der Waals surface area contributed by atoms with E-state index in [9.17, 15) is 0 Å². The maximum absolute atomic E-state index is 5.49. The third-order valence-electron chi connectivity index (χ3n) is 3.95. The lowest BCUT2D eigenvalue weighted by molar-refractivity contribution is 0.227. The van der Waals surface area contributed by atoms with Gasteiger partial charge in [0.15, 0.2) is 5.76 Å². The van der Waals surface area contributed by atoms with Gasteiger partial charge >= 0.3 is 0 Å². The van der Waals surface area contributed by atoms with Gasteiger partial charge in [-0.05, 0) is 31.0 Å². The number of nitrogens with zero attached hydrogens (tertiary/aromatic N) is 2. The van der Waals surface area contributed by atoms with Gasteiger partial charge in [-0.15, -0.1) is 0 Å². The van der Waals surface area contributed by atoms with Gasteiger partial charge in [-0.25, -0.2) is 0 Å². The Morgan fingerprint density at radius 3 is 2.70 bits per heavy atom. The first-order valence-electron chi connectivity index (χ1n) is 7.19. The minimum absolute atomic E-state index is 0.859. The van der Waals surface area contributed by atoms with Crippen molar-refractivity contribution in [3.63, 3.8) is 0 Å². The molecule has 1 aliphatic heterocycles. The van der Waals surface area contributed by atoms with Crippen LogP contribution in [0.2, 0.25) is 0 Å². The number of nitrogens with one attached hydrogen (secondary N) is 1. The number of hydrogen-bond donors (Lipinski definition) is 1. The molecule has 106 valence electrons. The monoisotopic (exact) mass is 271 g/mol. The Bertz CT molecular complexity index is 585. The Labute approximate surface area is 119 Å². The molecule has 0 amide bonds. The molecule has 1 N–H and O–H groups in total. The highest BCUT2D eigenvalue weighted by Gasteiger charge is 2.13. The SMILES string of the molecule is Cc1ccc(-c2cc(CN3CCNCC3)no2)cc1C. The van der Waals surface area contributed by atoms with Crippen molar-refractivity contribution in [1.82, 2.24) is 15.4 Å². The van der Waals surface area contributed by atoms with E-state index < -0.39 is 0 Å². The lowest BCUT2D eigenvalue weighted by Crippen LogP contribution is -2.42. The second kappa shape index (κ2) is 5.77. The number of piperazine rings is 1. The first-order valence-corrected chi connectivity index (χ1v) is 7.19. The first kappa shape index (κ1) is 13.3. The lowest BCUT2D eigenvalue weighted by Gasteiger charge is -2.25. The van der Waals surface area contributed by atoms with Gasteiger partial charge in [0, 0.05) is 44.4 Å². The summed E-state index contributed by atoms with van der Waals surface area (Å²) in [5.41, 5.74) is 4.70. The van der Waals surface area contributed by atoms with Crippen LogP contribution in [-0.2, 0) is 6.54 Å². The van der Waals surface area contributed by atoms with Crippen molar-refractivity contribution in [2.75, 3.05) is 26.2 Å². The number of aromatic nitrogens is 1. The molecule has 0 radical (unpaired) electrons. The van der Waals surface area contributed by atoms with Gasteiger partial charge in [-0.2, -0.15) is 0 Å². The molecular formula is C16H21N3O. The van der Waals surface area contributed by atoms with Gasteiger partial charge in [0.1, 0.15) is 0 Å². The molecule has 20 heavy (non-hydrogen) atoms. The van der Waals surface area contributed by atoms with Gasteiger partial charge in [0.2, 0.25) is 0 Å². The molecule has 0 bridgehead atoms. The molecule has 1 saturated heterocycles. The lowest BCUT2D eigenvalue weighted by atomic mass is 10.0. The average molecular weight is 271 g/mol. The molecule has 0 spiro atoms. The highest BCUT2D eigenvalue weighted by Crippen LogP contribution is 2.23. The van der Waals surface area contributed by atoms with E-state index in [-0.39, 0.29) is 0 Å². The molecule has 0 saturated carbocycles. The average Bonchev–Trinajstić information content (AvgIpc) is 2.91. The topological polar surface area (TPSA) is 41.3 Å². The zero-order chi connectivity index (χ0) is 13.9. The highest BCUT2D eigenvalue weighted by molar-refractivity contribution is 5.59. The molecule has 4 nitrogen and oxygen atoms in total. The van der Waals surface area contributed by atoms with Crippen LogP contribution in [0.4, 0.5) is 0 Å². The molecule has 0 atom stereocenters. The second-order valence-electron chi connectivity index (χ2n) is 5.51. The number of rotatable bonds is 3. The van der Waals surface area contributed by atoms with E-state index in [4.69, 9.17) is 4.52 Å². The van der Waals surface area contributed by atoms with Crippen LogP contribution in [-0.4, -0.2) is 36.2 Å². The van der Waals surface area contributed by atoms with Gasteiger partial charge in [0.25, 0.3) is 0 Å². The maximum atomic E-state index is 5.49. The summed E-state index contributed by atoms with van der Waals surface area (Å²) in [6, 6.07) is 8.44. The van der Waals surface area contributed by atoms with Crippen LogP contribution in [0.15, 0.2) is 28.8 Å². The summed E-state index contributed by atoms with van der Waals surface area (Å²) in [5, 5.41) is 7.56. The highest BCUT2D eigenvalue weighted by atomic mass is 16.5. The Morgan fingerprint density at radius 2 is 1.95 bits per heavy atom. The van der Waals surface area contributed by atoms with E-state index >= 15 is 0 Å². The molecular weight excluding hydrogens is 250 g/mol. The predicted octanol–water partition coefficient (Wildman–Crippen LogP) is 2.36. The van der Waals surface area contributed by atoms with Crippen LogP contribution >= 0.6 is 0 Å². The summed E-state index contributed by atoms with van der Waals surface area (Å²) in [7, 11) is 0. The second-order valence-corrected chi connectivity index (χ2v) is 5.51. The third-order valence-corrected chi connectivity index (χ3v) is 3.95. The van der Waals surface area contributed by atoms with Crippen LogP contribution in [0.25, 0.3) is 11.3 Å². The van der Waals surface area contributed by atoms with Crippen molar-refractivity contribution >= 4 is 0 Å². The van der Waals surface area contributed by atoms with Crippen molar-refractivity contribution in [2.45, 2.75) is 20.4 Å². The molecule has 1 aromatic heterocycles. The Balaban J connectivity index is 1.73. The van der Waals surface area contributed by atoms with Crippen molar-refractivity contribution < 1.29 is 4.52 Å². The zero-order valence-electron chi connectivity index (χ0n) is 12.1. The number of hydrogen-bond acceptors (Lipinski definition) is 4. The molecule has 1 aliphatic rings.